The highest BCUT2D eigenvalue weighted by Crippen LogP contribution is 2.20. The Balaban J connectivity index is 2.66. The topological polar surface area (TPSA) is 29.5 Å². The van der Waals surface area contributed by atoms with Gasteiger partial charge in [0.1, 0.15) is 5.75 Å². The Bertz CT molecular complexity index is 293. The zero-order chi connectivity index (χ0) is 10.4. The van der Waals surface area contributed by atoms with Crippen LogP contribution < -0.4 is 4.74 Å². The molecule has 3 heteroatoms. The smallest absolute Gasteiger partial charge is 0.118 e. The molecular weight excluding hydrogens is 183 g/mol. The first-order chi connectivity index (χ1) is 6.77. The predicted octanol–water partition coefficient (Wildman–Crippen LogP) is 2.60. The lowest BCUT2D eigenvalue weighted by molar-refractivity contribution is 0.181. The molecule has 0 radical (unpaired) electrons. The molecule has 0 saturated heterocycles. The molecule has 1 N–H and O–H groups in total. The lowest BCUT2D eigenvalue weighted by Crippen LogP contribution is -1.95. The van der Waals surface area contributed by atoms with Crippen LogP contribution in [0.25, 0.3) is 0 Å². The van der Waals surface area contributed by atoms with Gasteiger partial charge in [0.25, 0.3) is 0 Å². The maximum atomic E-state index is 11.7. The van der Waals surface area contributed by atoms with Crippen LogP contribution in [-0.4, -0.2) is 12.2 Å². The molecule has 1 atom stereocenters. The van der Waals surface area contributed by atoms with Crippen molar-refractivity contribution in [3.63, 3.8) is 0 Å². The van der Waals surface area contributed by atoms with Crippen molar-refractivity contribution >= 4 is 0 Å². The Morgan fingerprint density at radius 3 is 2.57 bits per heavy atom. The van der Waals surface area contributed by atoms with E-state index in [2.05, 4.69) is 0 Å². The van der Waals surface area contributed by atoms with Crippen LogP contribution in [0.4, 0.5) is 4.39 Å². The summed E-state index contributed by atoms with van der Waals surface area (Å²) >= 11 is 0. The average Bonchev–Trinajstić information content (AvgIpc) is 2.26. The summed E-state index contributed by atoms with van der Waals surface area (Å²) in [5.74, 6) is 0.738. The molecule has 0 aliphatic heterocycles. The Hall–Kier alpha value is -1.35. The molecule has 0 aliphatic rings. The molecule has 1 aromatic carbocycles. The zero-order valence-corrected chi connectivity index (χ0v) is 7.98. The summed E-state index contributed by atoms with van der Waals surface area (Å²) in [6.45, 7) is 0. The molecule has 0 aromatic heterocycles. The fourth-order valence-electron chi connectivity index (χ4n) is 1.14. The van der Waals surface area contributed by atoms with E-state index in [0.29, 0.717) is 6.33 Å². The van der Waals surface area contributed by atoms with Gasteiger partial charge in [-0.25, -0.2) is 4.39 Å². The van der Waals surface area contributed by atoms with E-state index in [-0.39, 0.29) is 6.42 Å². The molecule has 1 rings (SSSR count). The highest BCUT2D eigenvalue weighted by molar-refractivity contribution is 5.28. The van der Waals surface area contributed by atoms with Crippen molar-refractivity contribution in [3.05, 3.63) is 42.2 Å². The minimum Gasteiger partial charge on any atom is -0.497 e. The van der Waals surface area contributed by atoms with Gasteiger partial charge in [0.05, 0.1) is 19.5 Å². The number of hydrogen-bond acceptors (Lipinski definition) is 2. The van der Waals surface area contributed by atoms with Crippen molar-refractivity contribution in [2.45, 2.75) is 12.5 Å². The van der Waals surface area contributed by atoms with Gasteiger partial charge >= 0.3 is 0 Å². The lowest BCUT2D eigenvalue weighted by Gasteiger charge is -2.08. The van der Waals surface area contributed by atoms with Gasteiger partial charge in [0.15, 0.2) is 0 Å². The SMILES string of the molecule is COc1ccc([C@H](O)C/C=C/F)cc1. The summed E-state index contributed by atoms with van der Waals surface area (Å²) in [6.07, 6.45) is 1.35. The van der Waals surface area contributed by atoms with E-state index in [1.165, 1.54) is 6.08 Å². The maximum absolute atomic E-state index is 11.7. The number of halogens is 1. The van der Waals surface area contributed by atoms with Crippen LogP contribution in [0.2, 0.25) is 0 Å². The van der Waals surface area contributed by atoms with Gasteiger partial charge in [0.2, 0.25) is 0 Å². The summed E-state index contributed by atoms with van der Waals surface area (Å²) in [4.78, 5) is 0. The number of aliphatic hydroxyl groups is 1. The molecule has 0 heterocycles. The van der Waals surface area contributed by atoms with Crippen molar-refractivity contribution < 1.29 is 14.2 Å². The van der Waals surface area contributed by atoms with Crippen LogP contribution in [0, 0.1) is 0 Å². The molecule has 2 nitrogen and oxygen atoms in total. The van der Waals surface area contributed by atoms with Crippen LogP contribution in [0.3, 0.4) is 0 Å². The van der Waals surface area contributed by atoms with Gasteiger partial charge in [-0.1, -0.05) is 18.2 Å². The van der Waals surface area contributed by atoms with Crippen LogP contribution >= 0.6 is 0 Å². The van der Waals surface area contributed by atoms with Gasteiger partial charge < -0.3 is 9.84 Å². The zero-order valence-electron chi connectivity index (χ0n) is 7.98. The first-order valence-corrected chi connectivity index (χ1v) is 4.35. The number of methoxy groups -OCH3 is 1. The molecular formula is C11H13FO2. The number of benzene rings is 1. The van der Waals surface area contributed by atoms with Gasteiger partial charge in [-0.3, -0.25) is 0 Å². The second-order valence-corrected chi connectivity index (χ2v) is 2.89. The Labute approximate surface area is 82.6 Å². The largest absolute Gasteiger partial charge is 0.497 e. The molecule has 76 valence electrons. The molecule has 0 saturated carbocycles. The predicted molar refractivity (Wildman–Crippen MR) is 52.8 cm³/mol. The minimum absolute atomic E-state index is 0.281. The van der Waals surface area contributed by atoms with Crippen LogP contribution in [0.15, 0.2) is 36.7 Å². The van der Waals surface area contributed by atoms with Crippen molar-refractivity contribution in [2.75, 3.05) is 7.11 Å². The van der Waals surface area contributed by atoms with E-state index in [9.17, 15) is 9.50 Å². The third-order valence-electron chi connectivity index (χ3n) is 1.95. The maximum Gasteiger partial charge on any atom is 0.118 e. The van der Waals surface area contributed by atoms with Crippen LogP contribution in [-0.2, 0) is 0 Å². The number of ether oxygens (including phenoxy) is 1. The number of aliphatic hydroxyl groups excluding tert-OH is 1. The summed E-state index contributed by atoms with van der Waals surface area (Å²) in [5, 5.41) is 9.56. The quantitative estimate of drug-likeness (QED) is 0.802. The Morgan fingerprint density at radius 2 is 2.07 bits per heavy atom. The second-order valence-electron chi connectivity index (χ2n) is 2.89. The molecule has 0 unspecified atom stereocenters. The van der Waals surface area contributed by atoms with Crippen molar-refractivity contribution in [1.29, 1.82) is 0 Å². The Kier molecular flexibility index (Phi) is 4.13. The summed E-state index contributed by atoms with van der Waals surface area (Å²) in [7, 11) is 1.58. The van der Waals surface area contributed by atoms with Crippen molar-refractivity contribution in [3.8, 4) is 5.75 Å². The first kappa shape index (κ1) is 10.7. The monoisotopic (exact) mass is 196 g/mol. The fourth-order valence-corrected chi connectivity index (χ4v) is 1.14. The molecule has 14 heavy (non-hydrogen) atoms. The van der Waals surface area contributed by atoms with Crippen molar-refractivity contribution in [1.82, 2.24) is 0 Å². The minimum atomic E-state index is -0.659. The van der Waals surface area contributed by atoms with Crippen molar-refractivity contribution in [2.24, 2.45) is 0 Å². The molecule has 0 fully saturated rings. The van der Waals surface area contributed by atoms with Gasteiger partial charge in [-0.05, 0) is 24.1 Å². The number of hydrogen-bond donors (Lipinski definition) is 1. The van der Waals surface area contributed by atoms with Gasteiger partial charge in [0, 0.05) is 0 Å². The fraction of sp³-hybridized carbons (Fsp3) is 0.273. The van der Waals surface area contributed by atoms with E-state index < -0.39 is 6.10 Å². The highest BCUT2D eigenvalue weighted by atomic mass is 19.1. The lowest BCUT2D eigenvalue weighted by atomic mass is 10.1. The standard InChI is InChI=1S/C11H13FO2/c1-14-10-6-4-9(5-7-10)11(13)3-2-8-12/h2,4-8,11,13H,3H2,1H3/b8-2+/t11-/m1/s1. The van der Waals surface area contributed by atoms with Crippen LogP contribution in [0.1, 0.15) is 18.1 Å². The third-order valence-corrected chi connectivity index (χ3v) is 1.95. The summed E-state index contributed by atoms with van der Waals surface area (Å²) in [5.41, 5.74) is 0.754. The molecule has 1 aromatic rings. The Morgan fingerprint density at radius 1 is 1.43 bits per heavy atom. The molecule has 0 spiro atoms. The normalized spacial score (nSPS) is 13.1. The first-order valence-electron chi connectivity index (χ1n) is 4.35. The molecule has 0 aliphatic carbocycles. The molecule has 0 bridgehead atoms. The van der Waals surface area contributed by atoms with Crippen LogP contribution in [0.5, 0.6) is 5.75 Å². The van der Waals surface area contributed by atoms with E-state index in [0.717, 1.165) is 11.3 Å². The summed E-state index contributed by atoms with van der Waals surface area (Å²) < 4.78 is 16.7. The van der Waals surface area contributed by atoms with E-state index in [1.807, 2.05) is 0 Å². The van der Waals surface area contributed by atoms with Gasteiger partial charge in [-0.2, -0.15) is 0 Å². The summed E-state index contributed by atoms with van der Waals surface area (Å²) in [6, 6.07) is 7.04. The van der Waals surface area contributed by atoms with E-state index in [1.54, 1.807) is 31.4 Å². The average molecular weight is 196 g/mol. The number of rotatable bonds is 4. The third kappa shape index (κ3) is 2.85. The second kappa shape index (κ2) is 5.40. The van der Waals surface area contributed by atoms with E-state index >= 15 is 0 Å². The van der Waals surface area contributed by atoms with E-state index in [4.69, 9.17) is 4.74 Å². The molecule has 0 amide bonds. The highest BCUT2D eigenvalue weighted by Gasteiger charge is 2.04. The van der Waals surface area contributed by atoms with Gasteiger partial charge in [-0.15, -0.1) is 0 Å².